The minimum absolute atomic E-state index is 0.0446. The molecule has 100 valence electrons. The van der Waals surface area contributed by atoms with Gasteiger partial charge in [-0.3, -0.25) is 0 Å². The van der Waals surface area contributed by atoms with Crippen LogP contribution in [0.4, 0.5) is 4.79 Å². The fourth-order valence-corrected chi connectivity index (χ4v) is 3.07. The van der Waals surface area contributed by atoms with E-state index in [1.54, 1.807) is 0 Å². The molecule has 8 heteroatoms. The van der Waals surface area contributed by atoms with Gasteiger partial charge in [-0.2, -0.15) is 12.7 Å². The molecule has 1 rings (SSSR count). The number of aliphatic hydroxyl groups excluding tert-OH is 1. The first-order valence-electron chi connectivity index (χ1n) is 5.46. The minimum Gasteiger partial charge on any atom is -0.452 e. The van der Waals surface area contributed by atoms with Crippen molar-refractivity contribution in [1.82, 2.24) is 9.03 Å². The van der Waals surface area contributed by atoms with Gasteiger partial charge >= 0.3 is 16.3 Å². The Kier molecular flexibility index (Phi) is 5.16. The van der Waals surface area contributed by atoms with E-state index in [0.717, 1.165) is 20.0 Å². The molecule has 7 nitrogen and oxygen atoms in total. The molecular weight excluding hydrogens is 248 g/mol. The number of ether oxygens (including phenoxy) is 1. The van der Waals surface area contributed by atoms with Gasteiger partial charge in [0, 0.05) is 19.7 Å². The molecule has 0 saturated carbocycles. The highest BCUT2D eigenvalue weighted by molar-refractivity contribution is 7.87. The molecule has 1 saturated heterocycles. The van der Waals surface area contributed by atoms with Crippen molar-refractivity contribution in [2.75, 3.05) is 26.8 Å². The van der Waals surface area contributed by atoms with E-state index in [9.17, 15) is 13.2 Å². The Balaban J connectivity index is 2.61. The number of amides is 1. The Morgan fingerprint density at radius 2 is 2.29 bits per heavy atom. The average molecular weight is 266 g/mol. The number of aliphatic hydroxyl groups is 1. The summed E-state index contributed by atoms with van der Waals surface area (Å²) < 4.78 is 30.8. The van der Waals surface area contributed by atoms with Crippen molar-refractivity contribution in [3.8, 4) is 0 Å². The first-order valence-corrected chi connectivity index (χ1v) is 6.90. The third-order valence-corrected chi connectivity index (χ3v) is 4.19. The van der Waals surface area contributed by atoms with Crippen LogP contribution in [0.1, 0.15) is 19.3 Å². The third kappa shape index (κ3) is 4.14. The maximum atomic E-state index is 11.8. The highest BCUT2D eigenvalue weighted by atomic mass is 32.2. The Hall–Kier alpha value is -0.860. The number of carbonyl (C=O) groups excluding carboxylic acids is 1. The Bertz CT molecular complexity index is 354. The predicted molar refractivity (Wildman–Crippen MR) is 60.5 cm³/mol. The molecule has 0 bridgehead atoms. The third-order valence-electron chi connectivity index (χ3n) is 2.76. The topological polar surface area (TPSA) is 95.9 Å². The molecule has 1 heterocycles. The van der Waals surface area contributed by atoms with Crippen LogP contribution in [0.15, 0.2) is 0 Å². The van der Waals surface area contributed by atoms with E-state index < -0.39 is 16.3 Å². The molecule has 0 aliphatic carbocycles. The molecule has 0 aromatic heterocycles. The molecule has 1 aliphatic rings. The number of nitrogens with one attached hydrogen (secondary N) is 1. The van der Waals surface area contributed by atoms with Crippen LogP contribution in [0.5, 0.6) is 0 Å². The number of hydrogen-bond donors (Lipinski definition) is 2. The molecule has 0 aromatic rings. The van der Waals surface area contributed by atoms with Gasteiger partial charge in [-0.25, -0.2) is 9.52 Å². The Morgan fingerprint density at radius 1 is 1.59 bits per heavy atom. The summed E-state index contributed by atoms with van der Waals surface area (Å²) in [6, 6.07) is 0. The summed E-state index contributed by atoms with van der Waals surface area (Å²) >= 11 is 0. The monoisotopic (exact) mass is 266 g/mol. The van der Waals surface area contributed by atoms with Crippen LogP contribution in [0.2, 0.25) is 0 Å². The van der Waals surface area contributed by atoms with Crippen molar-refractivity contribution in [3.63, 3.8) is 0 Å². The van der Waals surface area contributed by atoms with Gasteiger partial charge in [0.1, 0.15) is 0 Å². The molecule has 1 aliphatic heterocycles. The number of carbonyl (C=O) groups is 1. The maximum absolute atomic E-state index is 11.8. The number of rotatable bonds is 4. The zero-order chi connectivity index (χ0) is 12.9. The molecule has 0 radical (unpaired) electrons. The molecule has 1 amide bonds. The summed E-state index contributed by atoms with van der Waals surface area (Å²) in [5.41, 5.74) is 0. The van der Waals surface area contributed by atoms with Crippen molar-refractivity contribution >= 4 is 16.3 Å². The van der Waals surface area contributed by atoms with Crippen molar-refractivity contribution in [3.05, 3.63) is 0 Å². The second-order valence-corrected chi connectivity index (χ2v) is 5.65. The lowest BCUT2D eigenvalue weighted by Crippen LogP contribution is -2.47. The summed E-state index contributed by atoms with van der Waals surface area (Å²) in [4.78, 5) is 10.9. The van der Waals surface area contributed by atoms with E-state index in [1.807, 2.05) is 4.72 Å². The van der Waals surface area contributed by atoms with Crippen LogP contribution in [0, 0.1) is 5.92 Å². The molecule has 0 spiro atoms. The lowest BCUT2D eigenvalue weighted by Gasteiger charge is -2.31. The first-order chi connectivity index (χ1) is 7.99. The molecule has 1 fully saturated rings. The summed E-state index contributed by atoms with van der Waals surface area (Å²) in [6.45, 7) is 0.754. The smallest absolute Gasteiger partial charge is 0.421 e. The van der Waals surface area contributed by atoms with Crippen LogP contribution in [0.3, 0.4) is 0 Å². The van der Waals surface area contributed by atoms with Crippen LogP contribution >= 0.6 is 0 Å². The summed E-state index contributed by atoms with van der Waals surface area (Å²) in [5, 5.41) is 8.83. The van der Waals surface area contributed by atoms with Gasteiger partial charge in [0.15, 0.2) is 0 Å². The van der Waals surface area contributed by atoms with E-state index in [1.165, 1.54) is 4.31 Å². The van der Waals surface area contributed by atoms with Gasteiger partial charge in [-0.05, 0) is 25.2 Å². The van der Waals surface area contributed by atoms with Crippen molar-refractivity contribution in [2.45, 2.75) is 19.3 Å². The highest BCUT2D eigenvalue weighted by Crippen LogP contribution is 2.20. The van der Waals surface area contributed by atoms with Gasteiger partial charge < -0.3 is 9.84 Å². The van der Waals surface area contributed by atoms with Crippen LogP contribution in [-0.2, 0) is 14.9 Å². The fraction of sp³-hybridized carbons (Fsp3) is 0.889. The first kappa shape index (κ1) is 14.2. The maximum Gasteiger partial charge on any atom is 0.421 e. The van der Waals surface area contributed by atoms with Gasteiger partial charge in [0.2, 0.25) is 0 Å². The highest BCUT2D eigenvalue weighted by Gasteiger charge is 2.29. The van der Waals surface area contributed by atoms with E-state index in [-0.39, 0.29) is 12.5 Å². The Labute approximate surface area is 101 Å². The average Bonchev–Trinajstić information content (AvgIpc) is 2.29. The second-order valence-electron chi connectivity index (χ2n) is 3.98. The number of piperidine rings is 1. The summed E-state index contributed by atoms with van der Waals surface area (Å²) in [5.74, 6) is 0.142. The van der Waals surface area contributed by atoms with E-state index >= 15 is 0 Å². The zero-order valence-corrected chi connectivity index (χ0v) is 10.6. The van der Waals surface area contributed by atoms with Crippen LogP contribution in [0.25, 0.3) is 0 Å². The summed E-state index contributed by atoms with van der Waals surface area (Å²) in [7, 11) is -2.71. The molecule has 2 N–H and O–H groups in total. The van der Waals surface area contributed by atoms with Crippen molar-refractivity contribution < 1.29 is 23.1 Å². The predicted octanol–water partition coefficient (Wildman–Crippen LogP) is -0.318. The standard InChI is InChI=1S/C9H18N2O5S/c1-16-9(13)10-17(14,15)11-5-2-3-8(7-11)4-6-12/h8,12H,2-7H2,1H3,(H,10,13). The Morgan fingerprint density at radius 3 is 2.88 bits per heavy atom. The minimum atomic E-state index is -3.82. The number of hydrogen-bond acceptors (Lipinski definition) is 5. The molecular formula is C9H18N2O5S. The van der Waals surface area contributed by atoms with Crippen LogP contribution in [-0.4, -0.2) is 50.7 Å². The molecule has 17 heavy (non-hydrogen) atoms. The lowest BCUT2D eigenvalue weighted by atomic mass is 9.97. The number of nitrogens with zero attached hydrogens (tertiary/aromatic N) is 1. The van der Waals surface area contributed by atoms with Gasteiger partial charge in [0.05, 0.1) is 7.11 Å². The fourth-order valence-electron chi connectivity index (χ4n) is 1.87. The zero-order valence-electron chi connectivity index (χ0n) is 9.76. The van der Waals surface area contributed by atoms with Gasteiger partial charge in [-0.15, -0.1) is 0 Å². The summed E-state index contributed by atoms with van der Waals surface area (Å²) in [6.07, 6.45) is 1.20. The van der Waals surface area contributed by atoms with Crippen molar-refractivity contribution in [1.29, 1.82) is 0 Å². The van der Waals surface area contributed by atoms with Crippen LogP contribution < -0.4 is 4.72 Å². The largest absolute Gasteiger partial charge is 0.452 e. The van der Waals surface area contributed by atoms with Gasteiger partial charge in [-0.1, -0.05) is 0 Å². The quantitative estimate of drug-likeness (QED) is 0.727. The van der Waals surface area contributed by atoms with E-state index in [4.69, 9.17) is 5.11 Å². The van der Waals surface area contributed by atoms with Crippen molar-refractivity contribution in [2.24, 2.45) is 5.92 Å². The number of methoxy groups -OCH3 is 1. The normalized spacial score (nSPS) is 22.1. The lowest BCUT2D eigenvalue weighted by molar-refractivity contribution is 0.174. The molecule has 1 unspecified atom stereocenters. The molecule has 0 aromatic carbocycles. The van der Waals surface area contributed by atoms with E-state index in [0.29, 0.717) is 19.5 Å². The SMILES string of the molecule is COC(=O)NS(=O)(=O)N1CCCC(CCO)C1. The van der Waals surface area contributed by atoms with E-state index in [2.05, 4.69) is 4.74 Å². The van der Waals surface area contributed by atoms with Gasteiger partial charge in [0.25, 0.3) is 0 Å². The molecule has 1 atom stereocenters. The second kappa shape index (κ2) is 6.18.